The van der Waals surface area contributed by atoms with Gasteiger partial charge in [-0.3, -0.25) is 43.2 Å². The standard InChI is InChI=1S/3C8H10O5.V/c3*1-4(9)8(5(2)10,6(3)11)7(12)13;/h3*1-3H3,(H,12,13);/q;;;+3/p-3. The van der Waals surface area contributed by atoms with Crippen LogP contribution in [0.15, 0.2) is 0 Å². The molecule has 0 bridgehead atoms. The summed E-state index contributed by atoms with van der Waals surface area (Å²) in [5.41, 5.74) is -7.83. The normalized spacial score (nSPS) is 10.4. The fourth-order valence-corrected chi connectivity index (χ4v) is 3.52. The fourth-order valence-electron chi connectivity index (χ4n) is 3.52. The number of ketones is 9. The monoisotopic (exact) mass is 606 g/mol. The molecule has 0 fully saturated rings. The Hall–Kier alpha value is -3.98. The molecule has 0 aromatic rings. The predicted octanol–water partition coefficient (Wildman–Crippen LogP) is -4.53. The molecular weight excluding hydrogens is 579 g/mol. The quantitative estimate of drug-likeness (QED) is 0.189. The summed E-state index contributed by atoms with van der Waals surface area (Å²) in [6, 6.07) is 0. The van der Waals surface area contributed by atoms with E-state index >= 15 is 0 Å². The summed E-state index contributed by atoms with van der Waals surface area (Å²) in [5, 5.41) is 31.7. The van der Waals surface area contributed by atoms with E-state index in [4.69, 9.17) is 0 Å². The number of carbonyl (C=O) groups excluding carboxylic acids is 12. The summed E-state index contributed by atoms with van der Waals surface area (Å²) in [7, 11) is 0. The number of carbonyl (C=O) groups is 12. The van der Waals surface area contributed by atoms with Crippen LogP contribution in [0, 0.1) is 16.2 Å². The van der Waals surface area contributed by atoms with Crippen molar-refractivity contribution in [3.8, 4) is 0 Å². The van der Waals surface area contributed by atoms with Crippen LogP contribution in [0.4, 0.5) is 0 Å². The van der Waals surface area contributed by atoms with Gasteiger partial charge in [-0.1, -0.05) is 0 Å². The zero-order valence-corrected chi connectivity index (χ0v) is 24.5. The Kier molecular flexibility index (Phi) is 17.5. The SMILES string of the molecule is CC(=O)C(C(C)=O)(C(C)=O)C(=O)[O-].CC(=O)C(C(C)=O)(C(C)=O)C(=O)[O-].CC(=O)C(C(C)=O)(C(C)=O)C(=O)[O-].[V+3]. The van der Waals surface area contributed by atoms with Crippen LogP contribution in [0.25, 0.3) is 0 Å². The zero-order valence-electron chi connectivity index (χ0n) is 23.1. The molecule has 0 aliphatic heterocycles. The largest absolute Gasteiger partial charge is 3.00 e. The molecule has 0 aromatic heterocycles. The third-order valence-corrected chi connectivity index (χ3v) is 5.67. The van der Waals surface area contributed by atoms with E-state index in [2.05, 4.69) is 0 Å². The summed E-state index contributed by atoms with van der Waals surface area (Å²) in [5.74, 6) is -15.1. The summed E-state index contributed by atoms with van der Waals surface area (Å²) in [6.07, 6.45) is 0. The van der Waals surface area contributed by atoms with E-state index in [1.54, 1.807) is 0 Å². The van der Waals surface area contributed by atoms with Gasteiger partial charge in [0.05, 0.1) is 17.9 Å². The number of carboxylic acids is 3. The van der Waals surface area contributed by atoms with Crippen LogP contribution in [0.5, 0.6) is 0 Å². The first-order chi connectivity index (χ1) is 17.3. The minimum Gasteiger partial charge on any atom is -0.548 e. The molecule has 0 saturated carbocycles. The second kappa shape index (κ2) is 16.2. The van der Waals surface area contributed by atoms with Crippen molar-refractivity contribution in [2.24, 2.45) is 16.2 Å². The van der Waals surface area contributed by atoms with Gasteiger partial charge in [0.1, 0.15) is 0 Å². The summed E-state index contributed by atoms with van der Waals surface area (Å²) < 4.78 is 0. The average molecular weight is 606 g/mol. The Bertz CT molecular complexity index is 832. The third kappa shape index (κ3) is 8.02. The van der Waals surface area contributed by atoms with Gasteiger partial charge in [0.25, 0.3) is 0 Å². The van der Waals surface area contributed by atoms with Gasteiger partial charge in [-0.2, -0.15) is 0 Å². The van der Waals surface area contributed by atoms with Crippen molar-refractivity contribution in [2.75, 3.05) is 0 Å². The molecule has 0 radical (unpaired) electrons. The van der Waals surface area contributed by atoms with E-state index in [9.17, 15) is 72.9 Å². The predicted molar refractivity (Wildman–Crippen MR) is 118 cm³/mol. The van der Waals surface area contributed by atoms with Crippen molar-refractivity contribution in [1.82, 2.24) is 0 Å². The topological polar surface area (TPSA) is 274 Å². The van der Waals surface area contributed by atoms with Crippen LogP contribution in [0.2, 0.25) is 0 Å². The van der Waals surface area contributed by atoms with Crippen LogP contribution in [0.3, 0.4) is 0 Å². The van der Waals surface area contributed by atoms with Crippen molar-refractivity contribution in [3.05, 3.63) is 0 Å². The number of hydrogen-bond acceptors (Lipinski definition) is 15. The van der Waals surface area contributed by atoms with Gasteiger partial charge >= 0.3 is 18.6 Å². The van der Waals surface area contributed by atoms with Crippen LogP contribution in [-0.2, 0) is 76.1 Å². The van der Waals surface area contributed by atoms with E-state index in [1.807, 2.05) is 0 Å². The molecule has 0 aliphatic rings. The fraction of sp³-hybridized carbons (Fsp3) is 0.500. The average Bonchev–Trinajstić information content (AvgIpc) is 2.66. The first-order valence-corrected chi connectivity index (χ1v) is 10.6. The Morgan fingerprint density at radius 3 is 0.375 bits per heavy atom. The smallest absolute Gasteiger partial charge is 0.548 e. The van der Waals surface area contributed by atoms with E-state index < -0.39 is 86.2 Å². The van der Waals surface area contributed by atoms with E-state index in [0.29, 0.717) is 0 Å². The number of aliphatic carboxylic acids is 3. The first kappa shape index (κ1) is 43.1. The van der Waals surface area contributed by atoms with Gasteiger partial charge in [-0.25, -0.2) is 0 Å². The van der Waals surface area contributed by atoms with Crippen molar-refractivity contribution in [1.29, 1.82) is 0 Å². The zero-order chi connectivity index (χ0) is 32.4. The van der Waals surface area contributed by atoms with E-state index in [1.165, 1.54) is 0 Å². The van der Waals surface area contributed by atoms with Gasteiger partial charge in [0, 0.05) is 0 Å². The third-order valence-electron chi connectivity index (χ3n) is 5.67. The molecule has 0 aliphatic carbocycles. The molecule has 0 aromatic carbocycles. The van der Waals surface area contributed by atoms with Crippen LogP contribution in [0.1, 0.15) is 62.3 Å². The molecule has 0 unspecified atom stereocenters. The molecule has 16 heteroatoms. The summed E-state index contributed by atoms with van der Waals surface area (Å²) in [4.78, 5) is 130. The number of Topliss-reactive ketones (excluding diaryl/α,β-unsaturated/α-hetero) is 9. The van der Waals surface area contributed by atoms with Gasteiger partial charge in [0.15, 0.2) is 68.3 Å². The molecule has 0 heterocycles. The summed E-state index contributed by atoms with van der Waals surface area (Å²) >= 11 is 0. The number of hydrogen-bond donors (Lipinski definition) is 0. The maximum Gasteiger partial charge on any atom is 3.00 e. The van der Waals surface area contributed by atoms with Gasteiger partial charge in [0.2, 0.25) is 0 Å². The van der Waals surface area contributed by atoms with Crippen molar-refractivity contribution in [2.45, 2.75) is 62.3 Å². The molecule has 0 rings (SSSR count). The minimum atomic E-state index is -2.61. The van der Waals surface area contributed by atoms with Crippen molar-refractivity contribution < 1.29 is 91.4 Å². The Balaban J connectivity index is -0.000000240. The molecule has 40 heavy (non-hydrogen) atoms. The van der Waals surface area contributed by atoms with Crippen molar-refractivity contribution in [3.63, 3.8) is 0 Å². The first-order valence-electron chi connectivity index (χ1n) is 10.6. The molecule has 218 valence electrons. The van der Waals surface area contributed by atoms with Crippen molar-refractivity contribution >= 4 is 70.0 Å². The number of rotatable bonds is 12. The summed E-state index contributed by atoms with van der Waals surface area (Å²) in [6.45, 7) is 7.86. The van der Waals surface area contributed by atoms with Crippen LogP contribution < -0.4 is 15.3 Å². The molecular formula is C24H27O15V. The van der Waals surface area contributed by atoms with Crippen LogP contribution in [-0.4, -0.2) is 70.0 Å². The molecule has 0 amide bonds. The molecule has 0 N–H and O–H groups in total. The van der Waals surface area contributed by atoms with Gasteiger partial charge in [-0.05, 0) is 62.3 Å². The minimum absolute atomic E-state index is 0. The molecule has 15 nitrogen and oxygen atoms in total. The maximum atomic E-state index is 10.9. The molecule has 0 spiro atoms. The van der Waals surface area contributed by atoms with Gasteiger partial charge in [-0.15, -0.1) is 0 Å². The Morgan fingerprint density at radius 1 is 0.300 bits per heavy atom. The molecule has 0 saturated heterocycles. The number of carboxylic acid groups (broad SMARTS) is 3. The Labute approximate surface area is 239 Å². The van der Waals surface area contributed by atoms with Gasteiger partial charge < -0.3 is 29.7 Å². The van der Waals surface area contributed by atoms with E-state index in [-0.39, 0.29) is 18.6 Å². The molecule has 0 atom stereocenters. The Morgan fingerprint density at radius 2 is 0.375 bits per heavy atom. The second-order valence-corrected chi connectivity index (χ2v) is 8.12. The second-order valence-electron chi connectivity index (χ2n) is 8.12. The van der Waals surface area contributed by atoms with E-state index in [0.717, 1.165) is 62.3 Å². The van der Waals surface area contributed by atoms with Crippen LogP contribution >= 0.6 is 0 Å². The maximum absolute atomic E-state index is 10.9.